The summed E-state index contributed by atoms with van der Waals surface area (Å²) in [6.45, 7) is 4.54. The summed E-state index contributed by atoms with van der Waals surface area (Å²) in [5, 5.41) is 0.828. The minimum absolute atomic E-state index is 0.414. The van der Waals surface area contributed by atoms with E-state index >= 15 is 0 Å². The van der Waals surface area contributed by atoms with E-state index in [0.717, 1.165) is 0 Å². The highest BCUT2D eigenvalue weighted by molar-refractivity contribution is 8.08. The molecule has 0 N–H and O–H groups in total. The standard InChI is InChI=1S/C26H38OS2/c1-3-5-7-15-21-25(23-17-11-9-12-18-23)28-27-29-26(22-16-8-6-4-2)24-19-13-10-14-20-24/h9-14,17-20,25-26H,3-8,15-16,21-22H2,1-2H3. The van der Waals surface area contributed by atoms with Crippen LogP contribution in [0.4, 0.5) is 0 Å². The van der Waals surface area contributed by atoms with Crippen LogP contribution in [0.15, 0.2) is 60.7 Å². The van der Waals surface area contributed by atoms with Crippen LogP contribution < -0.4 is 0 Å². The van der Waals surface area contributed by atoms with Gasteiger partial charge in [0.1, 0.15) is 0 Å². The molecule has 160 valence electrons. The Hall–Kier alpha value is -0.900. The molecule has 2 unspecified atom stereocenters. The molecule has 3 heteroatoms. The maximum Gasteiger partial charge on any atom is 0.0573 e. The molecule has 0 fully saturated rings. The highest BCUT2D eigenvalue weighted by atomic mass is 32.2. The summed E-state index contributed by atoms with van der Waals surface area (Å²) in [7, 11) is 0. The highest BCUT2D eigenvalue weighted by Crippen LogP contribution is 2.42. The first-order valence-electron chi connectivity index (χ1n) is 11.4. The molecule has 0 saturated carbocycles. The third-order valence-corrected chi connectivity index (χ3v) is 7.40. The van der Waals surface area contributed by atoms with Crippen molar-refractivity contribution in [2.75, 3.05) is 0 Å². The van der Waals surface area contributed by atoms with Crippen LogP contribution in [0, 0.1) is 0 Å². The van der Waals surface area contributed by atoms with Crippen LogP contribution in [0.25, 0.3) is 0 Å². The fourth-order valence-electron chi connectivity index (χ4n) is 3.51. The predicted octanol–water partition coefficient (Wildman–Crippen LogP) is 9.72. The van der Waals surface area contributed by atoms with Crippen molar-refractivity contribution >= 4 is 24.1 Å². The number of unbranched alkanes of at least 4 members (excludes halogenated alkanes) is 6. The van der Waals surface area contributed by atoms with Crippen LogP contribution in [0.1, 0.15) is 99.7 Å². The number of rotatable bonds is 16. The first kappa shape index (κ1) is 24.4. The summed E-state index contributed by atoms with van der Waals surface area (Å²) < 4.78 is 6.21. The van der Waals surface area contributed by atoms with Gasteiger partial charge in [-0.25, -0.2) is 3.63 Å². The molecule has 2 aromatic rings. The normalized spacial score (nSPS) is 13.3. The Kier molecular flexibility index (Phi) is 13.3. The average Bonchev–Trinajstić information content (AvgIpc) is 2.78. The zero-order valence-corrected chi connectivity index (χ0v) is 19.9. The second-order valence-corrected chi connectivity index (χ2v) is 9.83. The van der Waals surface area contributed by atoms with E-state index in [1.165, 1.54) is 75.3 Å². The van der Waals surface area contributed by atoms with E-state index in [-0.39, 0.29) is 0 Å². The van der Waals surface area contributed by atoms with Gasteiger partial charge in [-0.3, -0.25) is 0 Å². The Morgan fingerprint density at radius 2 is 1.00 bits per heavy atom. The lowest BCUT2D eigenvalue weighted by Gasteiger charge is -2.19. The van der Waals surface area contributed by atoms with E-state index in [2.05, 4.69) is 74.5 Å². The largest absolute Gasteiger partial charge is 0.246 e. The van der Waals surface area contributed by atoms with Gasteiger partial charge in [-0.15, -0.1) is 0 Å². The molecular formula is C26H38OS2. The van der Waals surface area contributed by atoms with E-state index in [4.69, 9.17) is 3.63 Å². The van der Waals surface area contributed by atoms with Gasteiger partial charge in [-0.05, 0) is 24.0 Å². The first-order chi connectivity index (χ1) is 14.3. The molecule has 0 radical (unpaired) electrons. The molecule has 2 atom stereocenters. The number of benzene rings is 2. The predicted molar refractivity (Wildman–Crippen MR) is 132 cm³/mol. The molecule has 1 nitrogen and oxygen atoms in total. The maximum absolute atomic E-state index is 6.21. The second kappa shape index (κ2) is 15.9. The first-order valence-corrected chi connectivity index (χ1v) is 13.0. The van der Waals surface area contributed by atoms with Crippen molar-refractivity contribution in [2.45, 2.75) is 88.6 Å². The zero-order chi connectivity index (χ0) is 20.6. The second-order valence-electron chi connectivity index (χ2n) is 7.76. The number of hydrogen-bond acceptors (Lipinski definition) is 3. The third-order valence-electron chi connectivity index (χ3n) is 5.29. The average molecular weight is 431 g/mol. The van der Waals surface area contributed by atoms with E-state index in [9.17, 15) is 0 Å². The van der Waals surface area contributed by atoms with Crippen LogP contribution in [0.3, 0.4) is 0 Å². The van der Waals surface area contributed by atoms with Gasteiger partial charge in [0.2, 0.25) is 0 Å². The molecule has 0 bridgehead atoms. The summed E-state index contributed by atoms with van der Waals surface area (Å²) in [6.07, 6.45) is 12.8. The Morgan fingerprint density at radius 3 is 1.38 bits per heavy atom. The summed E-state index contributed by atoms with van der Waals surface area (Å²) in [6, 6.07) is 21.7. The van der Waals surface area contributed by atoms with Crippen molar-refractivity contribution in [3.05, 3.63) is 71.8 Å². The zero-order valence-electron chi connectivity index (χ0n) is 18.2. The lowest BCUT2D eigenvalue weighted by molar-refractivity contribution is 0.606. The van der Waals surface area contributed by atoms with Crippen LogP contribution in [0.5, 0.6) is 0 Å². The van der Waals surface area contributed by atoms with Crippen molar-refractivity contribution < 1.29 is 3.63 Å². The molecule has 0 aliphatic carbocycles. The molecular weight excluding hydrogens is 392 g/mol. The van der Waals surface area contributed by atoms with Crippen molar-refractivity contribution in [1.82, 2.24) is 0 Å². The van der Waals surface area contributed by atoms with Gasteiger partial charge in [-0.2, -0.15) is 0 Å². The molecule has 0 amide bonds. The van der Waals surface area contributed by atoms with Crippen LogP contribution in [0.2, 0.25) is 0 Å². The number of hydrogen-bond donors (Lipinski definition) is 0. The fraction of sp³-hybridized carbons (Fsp3) is 0.538. The summed E-state index contributed by atoms with van der Waals surface area (Å²) in [4.78, 5) is 0. The van der Waals surface area contributed by atoms with Gasteiger partial charge in [0.05, 0.1) is 10.5 Å². The van der Waals surface area contributed by atoms with Gasteiger partial charge in [0.15, 0.2) is 0 Å². The van der Waals surface area contributed by atoms with E-state index in [1.807, 2.05) is 0 Å². The highest BCUT2D eigenvalue weighted by Gasteiger charge is 2.17. The molecule has 2 aromatic carbocycles. The SMILES string of the molecule is CCCCCCC(SOSC(CCCCCC)c1ccccc1)c1ccccc1. The maximum atomic E-state index is 6.21. The van der Waals surface area contributed by atoms with Crippen molar-refractivity contribution in [2.24, 2.45) is 0 Å². The molecule has 0 spiro atoms. The summed E-state index contributed by atoms with van der Waals surface area (Å²) >= 11 is 3.32. The summed E-state index contributed by atoms with van der Waals surface area (Å²) in [5.74, 6) is 0. The lowest BCUT2D eigenvalue weighted by Crippen LogP contribution is -1.97. The van der Waals surface area contributed by atoms with E-state index in [0.29, 0.717) is 10.5 Å². The monoisotopic (exact) mass is 430 g/mol. The van der Waals surface area contributed by atoms with Crippen LogP contribution in [-0.4, -0.2) is 0 Å². The van der Waals surface area contributed by atoms with Crippen LogP contribution in [-0.2, 0) is 3.63 Å². The van der Waals surface area contributed by atoms with Gasteiger partial charge >= 0.3 is 0 Å². The molecule has 0 aliphatic heterocycles. The molecule has 0 aromatic heterocycles. The van der Waals surface area contributed by atoms with Crippen LogP contribution >= 0.6 is 24.1 Å². The Morgan fingerprint density at radius 1 is 0.586 bits per heavy atom. The molecule has 2 rings (SSSR count). The minimum atomic E-state index is 0.414. The van der Waals surface area contributed by atoms with Gasteiger partial charge in [0.25, 0.3) is 0 Å². The molecule has 29 heavy (non-hydrogen) atoms. The Labute approximate surface area is 187 Å². The van der Waals surface area contributed by atoms with Gasteiger partial charge in [0, 0.05) is 24.1 Å². The summed E-state index contributed by atoms with van der Waals surface area (Å²) in [5.41, 5.74) is 2.77. The van der Waals surface area contributed by atoms with Crippen molar-refractivity contribution in [3.8, 4) is 0 Å². The van der Waals surface area contributed by atoms with E-state index in [1.54, 1.807) is 24.1 Å². The molecule has 0 heterocycles. The Balaban J connectivity index is 1.90. The third kappa shape index (κ3) is 10.1. The molecule has 0 aliphatic rings. The fourth-order valence-corrected chi connectivity index (χ4v) is 5.51. The topological polar surface area (TPSA) is 9.23 Å². The smallest absolute Gasteiger partial charge is 0.0573 e. The quantitative estimate of drug-likeness (QED) is 0.194. The minimum Gasteiger partial charge on any atom is -0.246 e. The van der Waals surface area contributed by atoms with Gasteiger partial charge < -0.3 is 0 Å². The Bertz CT molecular complexity index is 562. The lowest BCUT2D eigenvalue weighted by atomic mass is 10.1. The van der Waals surface area contributed by atoms with Crippen molar-refractivity contribution in [1.29, 1.82) is 0 Å². The van der Waals surface area contributed by atoms with E-state index < -0.39 is 0 Å². The van der Waals surface area contributed by atoms with Crippen molar-refractivity contribution in [3.63, 3.8) is 0 Å². The van der Waals surface area contributed by atoms with Gasteiger partial charge in [-0.1, -0.05) is 126 Å². The molecule has 0 saturated heterocycles.